The molecule has 1 fully saturated rings. The van der Waals surface area contributed by atoms with Crippen molar-refractivity contribution in [3.8, 4) is 5.75 Å². The lowest BCUT2D eigenvalue weighted by atomic mass is 10.1. The first-order valence-corrected chi connectivity index (χ1v) is 9.34. The number of carbonyl (C=O) groups excluding carboxylic acids is 1. The number of methoxy groups -OCH3 is 2. The largest absolute Gasteiger partial charge is 0.496 e. The molecule has 0 aliphatic carbocycles. The van der Waals surface area contributed by atoms with Crippen LogP contribution in [0.1, 0.15) is 27.0 Å². The molecule has 0 amide bonds. The van der Waals surface area contributed by atoms with Crippen LogP contribution in [0.4, 0.5) is 0 Å². The molecule has 5 nitrogen and oxygen atoms in total. The van der Waals surface area contributed by atoms with Crippen LogP contribution in [0.25, 0.3) is 0 Å². The maximum Gasteiger partial charge on any atom is 0.337 e. The molecular formula is C22H28N2O3. The van der Waals surface area contributed by atoms with Gasteiger partial charge in [-0.1, -0.05) is 29.8 Å². The third kappa shape index (κ3) is 5.08. The van der Waals surface area contributed by atoms with Gasteiger partial charge in [-0.25, -0.2) is 4.79 Å². The highest BCUT2D eigenvalue weighted by atomic mass is 16.5. The summed E-state index contributed by atoms with van der Waals surface area (Å²) in [5.74, 6) is 0.677. The van der Waals surface area contributed by atoms with E-state index in [1.54, 1.807) is 13.2 Å². The molecule has 5 heteroatoms. The number of rotatable bonds is 6. The van der Waals surface area contributed by atoms with Gasteiger partial charge in [-0.05, 0) is 30.7 Å². The second-order valence-corrected chi connectivity index (χ2v) is 7.06. The summed E-state index contributed by atoms with van der Waals surface area (Å²) in [7, 11) is 3.14. The summed E-state index contributed by atoms with van der Waals surface area (Å²) in [4.78, 5) is 16.6. The Morgan fingerprint density at radius 1 is 0.963 bits per heavy atom. The highest BCUT2D eigenvalue weighted by Gasteiger charge is 2.19. The van der Waals surface area contributed by atoms with Gasteiger partial charge in [-0.15, -0.1) is 0 Å². The van der Waals surface area contributed by atoms with E-state index < -0.39 is 0 Å². The van der Waals surface area contributed by atoms with Gasteiger partial charge in [0.25, 0.3) is 0 Å². The summed E-state index contributed by atoms with van der Waals surface area (Å²) in [5.41, 5.74) is 4.26. The molecule has 0 unspecified atom stereocenters. The zero-order valence-electron chi connectivity index (χ0n) is 16.4. The van der Waals surface area contributed by atoms with Crippen molar-refractivity contribution < 1.29 is 14.3 Å². The highest BCUT2D eigenvalue weighted by molar-refractivity contribution is 5.89. The van der Waals surface area contributed by atoms with Crippen molar-refractivity contribution in [1.82, 2.24) is 9.80 Å². The van der Waals surface area contributed by atoms with Gasteiger partial charge in [0.05, 0.1) is 19.8 Å². The third-order valence-corrected chi connectivity index (χ3v) is 5.05. The Kier molecular flexibility index (Phi) is 6.48. The molecule has 27 heavy (non-hydrogen) atoms. The summed E-state index contributed by atoms with van der Waals surface area (Å²) in [6.07, 6.45) is 0. The molecule has 1 aliphatic heterocycles. The summed E-state index contributed by atoms with van der Waals surface area (Å²) in [6, 6.07) is 14.1. The molecule has 0 aromatic heterocycles. The molecule has 1 heterocycles. The van der Waals surface area contributed by atoms with Crippen LogP contribution in [0.3, 0.4) is 0 Å². The second kappa shape index (κ2) is 9.02. The lowest BCUT2D eigenvalue weighted by Crippen LogP contribution is -2.45. The van der Waals surface area contributed by atoms with Gasteiger partial charge < -0.3 is 9.47 Å². The van der Waals surface area contributed by atoms with E-state index in [1.165, 1.54) is 18.2 Å². The van der Waals surface area contributed by atoms with E-state index >= 15 is 0 Å². The summed E-state index contributed by atoms with van der Waals surface area (Å²) in [5, 5.41) is 0. The molecule has 1 saturated heterocycles. The first-order valence-electron chi connectivity index (χ1n) is 9.34. The number of hydrogen-bond donors (Lipinski definition) is 0. The first kappa shape index (κ1) is 19.4. The van der Waals surface area contributed by atoms with Crippen LogP contribution < -0.4 is 4.74 Å². The number of esters is 1. The first-order chi connectivity index (χ1) is 13.1. The van der Waals surface area contributed by atoms with Crippen LogP contribution in [0.15, 0.2) is 42.5 Å². The number of benzene rings is 2. The van der Waals surface area contributed by atoms with Crippen molar-refractivity contribution >= 4 is 5.97 Å². The summed E-state index contributed by atoms with van der Waals surface area (Å²) in [6.45, 7) is 7.95. The van der Waals surface area contributed by atoms with Gasteiger partial charge >= 0.3 is 5.97 Å². The van der Waals surface area contributed by atoms with E-state index in [-0.39, 0.29) is 5.97 Å². The molecule has 0 N–H and O–H groups in total. The summed E-state index contributed by atoms with van der Waals surface area (Å²) < 4.78 is 10.3. The third-order valence-electron chi connectivity index (χ3n) is 5.05. The number of hydrogen-bond acceptors (Lipinski definition) is 5. The Morgan fingerprint density at radius 2 is 1.67 bits per heavy atom. The smallest absolute Gasteiger partial charge is 0.337 e. The predicted octanol–water partition coefficient (Wildman–Crippen LogP) is 3.11. The van der Waals surface area contributed by atoms with E-state index in [2.05, 4.69) is 41.0 Å². The normalized spacial score (nSPS) is 15.5. The Morgan fingerprint density at radius 3 is 2.33 bits per heavy atom. The maximum atomic E-state index is 11.7. The fraction of sp³-hybridized carbons (Fsp3) is 0.409. The topological polar surface area (TPSA) is 42.0 Å². The van der Waals surface area contributed by atoms with E-state index in [0.29, 0.717) is 5.56 Å². The van der Waals surface area contributed by atoms with Crippen molar-refractivity contribution in [2.45, 2.75) is 20.0 Å². The summed E-state index contributed by atoms with van der Waals surface area (Å²) >= 11 is 0. The van der Waals surface area contributed by atoms with E-state index in [1.807, 2.05) is 12.1 Å². The van der Waals surface area contributed by atoms with Crippen LogP contribution in [-0.2, 0) is 17.8 Å². The van der Waals surface area contributed by atoms with Crippen LogP contribution in [0.5, 0.6) is 5.75 Å². The quantitative estimate of drug-likeness (QED) is 0.733. The standard InChI is InChI=1S/C22H28N2O3/c1-17-7-8-21(26-2)20(13-17)16-24-11-9-23(10-12-24)15-18-5-4-6-19(14-18)22(25)27-3/h4-8,13-14H,9-12,15-16H2,1-3H3. The van der Waals surface area contributed by atoms with Gasteiger partial charge in [-0.3, -0.25) is 9.80 Å². The second-order valence-electron chi connectivity index (χ2n) is 7.06. The van der Waals surface area contributed by atoms with Crippen molar-refractivity contribution in [3.63, 3.8) is 0 Å². The molecule has 0 spiro atoms. The molecule has 2 aromatic carbocycles. The molecule has 0 atom stereocenters. The Bertz CT molecular complexity index is 783. The van der Waals surface area contributed by atoms with E-state index in [0.717, 1.165) is 50.6 Å². The fourth-order valence-corrected chi connectivity index (χ4v) is 3.55. The molecule has 1 aliphatic rings. The number of piperazine rings is 1. The number of ether oxygens (including phenoxy) is 2. The minimum Gasteiger partial charge on any atom is -0.496 e. The van der Waals surface area contributed by atoms with Gasteiger partial charge in [-0.2, -0.15) is 0 Å². The van der Waals surface area contributed by atoms with Gasteiger partial charge in [0, 0.05) is 44.8 Å². The number of carbonyl (C=O) groups is 1. The highest BCUT2D eigenvalue weighted by Crippen LogP contribution is 2.22. The van der Waals surface area contributed by atoms with Crippen LogP contribution in [0.2, 0.25) is 0 Å². The van der Waals surface area contributed by atoms with E-state index in [4.69, 9.17) is 9.47 Å². The Labute approximate surface area is 161 Å². The van der Waals surface area contributed by atoms with Crippen molar-refractivity contribution in [3.05, 3.63) is 64.7 Å². The monoisotopic (exact) mass is 368 g/mol. The van der Waals surface area contributed by atoms with Crippen molar-refractivity contribution in [1.29, 1.82) is 0 Å². The van der Waals surface area contributed by atoms with Gasteiger partial charge in [0.1, 0.15) is 5.75 Å². The Balaban J connectivity index is 1.55. The molecule has 3 rings (SSSR count). The number of aryl methyl sites for hydroxylation is 1. The molecule has 0 bridgehead atoms. The SMILES string of the molecule is COC(=O)c1cccc(CN2CCN(Cc3cc(C)ccc3OC)CC2)c1. The molecule has 0 saturated carbocycles. The van der Waals surface area contributed by atoms with Crippen LogP contribution >= 0.6 is 0 Å². The molecule has 2 aromatic rings. The minimum atomic E-state index is -0.284. The van der Waals surface area contributed by atoms with Crippen LogP contribution in [0, 0.1) is 6.92 Å². The lowest BCUT2D eigenvalue weighted by Gasteiger charge is -2.35. The molecule has 144 valence electrons. The maximum absolute atomic E-state index is 11.7. The average Bonchev–Trinajstić information content (AvgIpc) is 2.69. The van der Waals surface area contributed by atoms with Crippen LogP contribution in [-0.4, -0.2) is 56.2 Å². The van der Waals surface area contributed by atoms with Gasteiger partial charge in [0.2, 0.25) is 0 Å². The average molecular weight is 368 g/mol. The lowest BCUT2D eigenvalue weighted by molar-refractivity contribution is 0.0600. The zero-order valence-corrected chi connectivity index (χ0v) is 16.4. The van der Waals surface area contributed by atoms with Crippen molar-refractivity contribution in [2.75, 3.05) is 40.4 Å². The number of nitrogens with zero attached hydrogens (tertiary/aromatic N) is 2. The fourth-order valence-electron chi connectivity index (χ4n) is 3.55. The molecular weight excluding hydrogens is 340 g/mol. The van der Waals surface area contributed by atoms with Crippen molar-refractivity contribution in [2.24, 2.45) is 0 Å². The zero-order chi connectivity index (χ0) is 19.2. The Hall–Kier alpha value is -2.37. The van der Waals surface area contributed by atoms with Gasteiger partial charge in [0.15, 0.2) is 0 Å². The minimum absolute atomic E-state index is 0.284. The van der Waals surface area contributed by atoms with E-state index in [9.17, 15) is 4.79 Å². The predicted molar refractivity (Wildman–Crippen MR) is 106 cm³/mol. The molecule has 0 radical (unpaired) electrons.